The summed E-state index contributed by atoms with van der Waals surface area (Å²) in [5.41, 5.74) is 1.44. The molecule has 0 aliphatic carbocycles. The number of benzene rings is 2. The van der Waals surface area contributed by atoms with Gasteiger partial charge in [0.1, 0.15) is 10.6 Å². The summed E-state index contributed by atoms with van der Waals surface area (Å²) in [7, 11) is -3.66. The summed E-state index contributed by atoms with van der Waals surface area (Å²) in [4.78, 5) is 14.8. The minimum atomic E-state index is -3.66. The fourth-order valence-electron chi connectivity index (χ4n) is 4.30. The second-order valence-corrected chi connectivity index (χ2v) is 10.1. The van der Waals surface area contributed by atoms with Gasteiger partial charge in [-0.2, -0.15) is 4.31 Å². The van der Waals surface area contributed by atoms with Gasteiger partial charge in [0.15, 0.2) is 5.76 Å². The first-order chi connectivity index (χ1) is 15.3. The number of hydrogen-bond donors (Lipinski definition) is 1. The van der Waals surface area contributed by atoms with E-state index in [2.05, 4.69) is 28.7 Å². The normalized spacial score (nSPS) is 16.8. The van der Waals surface area contributed by atoms with Crippen molar-refractivity contribution in [1.29, 1.82) is 0 Å². The van der Waals surface area contributed by atoms with E-state index < -0.39 is 10.0 Å². The zero-order valence-electron chi connectivity index (χ0n) is 18.5. The number of nitrogens with zero attached hydrogens (tertiary/aromatic N) is 3. The Morgan fingerprint density at radius 2 is 1.78 bits per heavy atom. The number of hydrogen-bond acceptors (Lipinski definition) is 6. The number of carbonyl (C=O) groups is 1. The van der Waals surface area contributed by atoms with Crippen molar-refractivity contribution in [2.45, 2.75) is 31.7 Å². The molecule has 0 bridgehead atoms. The minimum absolute atomic E-state index is 0.0764. The van der Waals surface area contributed by atoms with Crippen molar-refractivity contribution in [2.24, 2.45) is 0 Å². The van der Waals surface area contributed by atoms with Crippen LogP contribution in [-0.4, -0.2) is 61.4 Å². The molecule has 2 aromatic carbocycles. The van der Waals surface area contributed by atoms with Crippen LogP contribution in [0.2, 0.25) is 0 Å². The van der Waals surface area contributed by atoms with Crippen molar-refractivity contribution in [3.8, 4) is 0 Å². The molecule has 1 fully saturated rings. The summed E-state index contributed by atoms with van der Waals surface area (Å²) in [5, 5.41) is 9.11. The number of aryl methyl sites for hydroxylation is 2. The first kappa shape index (κ1) is 22.4. The highest BCUT2D eigenvalue weighted by molar-refractivity contribution is 7.89. The maximum atomic E-state index is 13.0. The number of rotatable bonds is 6. The maximum absolute atomic E-state index is 13.0. The minimum Gasteiger partial charge on any atom is -0.360 e. The van der Waals surface area contributed by atoms with E-state index in [4.69, 9.17) is 4.52 Å². The van der Waals surface area contributed by atoms with Gasteiger partial charge in [-0.05, 0) is 37.1 Å². The monoisotopic (exact) mass is 456 g/mol. The lowest BCUT2D eigenvalue weighted by Crippen LogP contribution is -2.51. The molecule has 1 N–H and O–H groups in total. The number of fused-ring (bicyclic) bond motifs is 1. The van der Waals surface area contributed by atoms with Crippen LogP contribution in [-0.2, 0) is 14.8 Å². The standard InChI is InChI=1S/C23H28N4O4S/c1-16(20-10-6-8-19-7-4-5-9-21(19)20)24-22(28)15-26-11-13-27(14-12-26)32(29,30)23-17(2)25-31-18(23)3/h4-10,16H,11-15H2,1-3H3,(H,24,28). The van der Waals surface area contributed by atoms with Gasteiger partial charge in [-0.25, -0.2) is 8.42 Å². The quantitative estimate of drug-likeness (QED) is 0.613. The number of carbonyl (C=O) groups excluding carboxylic acids is 1. The molecule has 32 heavy (non-hydrogen) atoms. The first-order valence-electron chi connectivity index (χ1n) is 10.7. The van der Waals surface area contributed by atoms with Crippen LogP contribution < -0.4 is 5.32 Å². The topological polar surface area (TPSA) is 95.8 Å². The molecule has 0 radical (unpaired) electrons. The maximum Gasteiger partial charge on any atom is 0.248 e. The summed E-state index contributed by atoms with van der Waals surface area (Å²) in [6, 6.07) is 14.1. The number of nitrogens with one attached hydrogen (secondary N) is 1. The summed E-state index contributed by atoms with van der Waals surface area (Å²) in [5.74, 6) is 0.221. The van der Waals surface area contributed by atoms with Gasteiger partial charge in [0, 0.05) is 26.2 Å². The largest absolute Gasteiger partial charge is 0.360 e. The van der Waals surface area contributed by atoms with E-state index in [1.807, 2.05) is 36.1 Å². The van der Waals surface area contributed by atoms with Gasteiger partial charge in [0.05, 0.1) is 12.6 Å². The Morgan fingerprint density at radius 1 is 1.09 bits per heavy atom. The highest BCUT2D eigenvalue weighted by Crippen LogP contribution is 2.25. The van der Waals surface area contributed by atoms with E-state index in [-0.39, 0.29) is 23.4 Å². The van der Waals surface area contributed by atoms with E-state index in [0.717, 1.165) is 16.3 Å². The fraction of sp³-hybridized carbons (Fsp3) is 0.391. The molecule has 9 heteroatoms. The molecular weight excluding hydrogens is 428 g/mol. The third-order valence-corrected chi connectivity index (χ3v) is 8.08. The van der Waals surface area contributed by atoms with Gasteiger partial charge in [0.2, 0.25) is 15.9 Å². The molecule has 1 saturated heterocycles. The van der Waals surface area contributed by atoms with Crippen LogP contribution in [0, 0.1) is 13.8 Å². The number of piperazine rings is 1. The number of amides is 1. The van der Waals surface area contributed by atoms with E-state index in [1.54, 1.807) is 13.8 Å². The lowest BCUT2D eigenvalue weighted by Gasteiger charge is -2.33. The van der Waals surface area contributed by atoms with E-state index >= 15 is 0 Å². The van der Waals surface area contributed by atoms with Crippen molar-refractivity contribution >= 4 is 26.7 Å². The van der Waals surface area contributed by atoms with Crippen LogP contribution in [0.3, 0.4) is 0 Å². The summed E-state index contributed by atoms with van der Waals surface area (Å²) < 4.78 is 32.4. The Hall–Kier alpha value is -2.75. The smallest absolute Gasteiger partial charge is 0.248 e. The highest BCUT2D eigenvalue weighted by Gasteiger charge is 2.33. The van der Waals surface area contributed by atoms with Gasteiger partial charge in [-0.15, -0.1) is 0 Å². The Morgan fingerprint density at radius 3 is 2.47 bits per heavy atom. The molecule has 8 nitrogen and oxygen atoms in total. The van der Waals surface area contributed by atoms with Gasteiger partial charge in [-0.3, -0.25) is 9.69 Å². The summed E-state index contributed by atoms with van der Waals surface area (Å²) in [6.07, 6.45) is 0. The second-order valence-electron chi connectivity index (χ2n) is 8.19. The Kier molecular flexibility index (Phi) is 6.32. The molecular formula is C23H28N4O4S. The molecule has 3 aromatic rings. The molecule has 1 aromatic heterocycles. The van der Waals surface area contributed by atoms with Crippen LogP contribution >= 0.6 is 0 Å². The van der Waals surface area contributed by atoms with Crippen LogP contribution in [0.25, 0.3) is 10.8 Å². The molecule has 1 aliphatic rings. The number of sulfonamides is 1. The highest BCUT2D eigenvalue weighted by atomic mass is 32.2. The van der Waals surface area contributed by atoms with Crippen LogP contribution in [0.5, 0.6) is 0 Å². The van der Waals surface area contributed by atoms with E-state index in [0.29, 0.717) is 37.6 Å². The van der Waals surface area contributed by atoms with Gasteiger partial charge in [0.25, 0.3) is 0 Å². The Labute approximate surface area is 188 Å². The van der Waals surface area contributed by atoms with Gasteiger partial charge in [-0.1, -0.05) is 47.6 Å². The molecule has 1 atom stereocenters. The average molecular weight is 457 g/mol. The zero-order valence-corrected chi connectivity index (χ0v) is 19.4. The van der Waals surface area contributed by atoms with Crippen molar-refractivity contribution in [2.75, 3.05) is 32.7 Å². The SMILES string of the molecule is Cc1noc(C)c1S(=O)(=O)N1CCN(CC(=O)NC(C)c2cccc3ccccc23)CC1. The van der Waals surface area contributed by atoms with Gasteiger partial charge >= 0.3 is 0 Å². The predicted octanol–water partition coefficient (Wildman–Crippen LogP) is 2.63. The van der Waals surface area contributed by atoms with Crippen molar-refractivity contribution in [3.63, 3.8) is 0 Å². The Balaban J connectivity index is 1.35. The third-order valence-electron chi connectivity index (χ3n) is 5.93. The van der Waals surface area contributed by atoms with E-state index in [9.17, 15) is 13.2 Å². The van der Waals surface area contributed by atoms with Crippen molar-refractivity contribution in [1.82, 2.24) is 19.7 Å². The lowest BCUT2D eigenvalue weighted by molar-refractivity contribution is -0.123. The predicted molar refractivity (Wildman–Crippen MR) is 122 cm³/mol. The van der Waals surface area contributed by atoms with Gasteiger partial charge < -0.3 is 9.84 Å². The third kappa shape index (κ3) is 4.41. The van der Waals surface area contributed by atoms with Crippen LogP contribution in [0.15, 0.2) is 51.9 Å². The second kappa shape index (κ2) is 9.01. The molecule has 4 rings (SSSR count). The molecule has 0 spiro atoms. The fourth-order valence-corrected chi connectivity index (χ4v) is 6.01. The van der Waals surface area contributed by atoms with Crippen molar-refractivity contribution in [3.05, 3.63) is 59.5 Å². The lowest BCUT2D eigenvalue weighted by atomic mass is 10.00. The van der Waals surface area contributed by atoms with Crippen LogP contribution in [0.4, 0.5) is 0 Å². The number of aromatic nitrogens is 1. The zero-order chi connectivity index (χ0) is 22.9. The summed E-state index contributed by atoms with van der Waals surface area (Å²) >= 11 is 0. The molecule has 2 heterocycles. The average Bonchev–Trinajstić information content (AvgIpc) is 3.12. The van der Waals surface area contributed by atoms with E-state index in [1.165, 1.54) is 4.31 Å². The molecule has 170 valence electrons. The molecule has 0 saturated carbocycles. The summed E-state index contributed by atoms with van der Waals surface area (Å²) in [6.45, 7) is 7.04. The van der Waals surface area contributed by atoms with Crippen LogP contribution in [0.1, 0.15) is 30.0 Å². The first-order valence-corrected chi connectivity index (χ1v) is 12.1. The van der Waals surface area contributed by atoms with Crippen molar-refractivity contribution < 1.29 is 17.7 Å². The molecule has 1 unspecified atom stereocenters. The molecule has 1 amide bonds. The Bertz CT molecular complexity index is 1210. The molecule has 1 aliphatic heterocycles.